The Morgan fingerprint density at radius 2 is 1.86 bits per heavy atom. The number of hydrogen-bond acceptors (Lipinski definition) is 6. The number of nitro groups is 2. The molecule has 1 aromatic rings. The Labute approximate surface area is 119 Å². The molecule has 0 spiro atoms. The van der Waals surface area contributed by atoms with Gasteiger partial charge in [0.25, 0.3) is 17.3 Å². The Balaban J connectivity index is 2.36. The van der Waals surface area contributed by atoms with E-state index < -0.39 is 27.1 Å². The summed E-state index contributed by atoms with van der Waals surface area (Å²) < 4.78 is 0. The van der Waals surface area contributed by atoms with Gasteiger partial charge in [-0.05, 0) is 19.9 Å². The van der Waals surface area contributed by atoms with Crippen molar-refractivity contribution in [2.24, 2.45) is 0 Å². The average Bonchev–Trinajstić information content (AvgIpc) is 2.90. The van der Waals surface area contributed by atoms with Gasteiger partial charge in [0.15, 0.2) is 0 Å². The first-order valence-corrected chi connectivity index (χ1v) is 6.35. The topological polar surface area (TPSA) is 127 Å². The van der Waals surface area contributed by atoms with Crippen LogP contribution in [0.1, 0.15) is 22.3 Å². The summed E-state index contributed by atoms with van der Waals surface area (Å²) in [6.45, 7) is 2.68. The van der Waals surface area contributed by atoms with Gasteiger partial charge >= 0.3 is 0 Å². The van der Waals surface area contributed by atoms with Crippen molar-refractivity contribution < 1.29 is 14.6 Å². The van der Waals surface area contributed by atoms with E-state index in [0.717, 1.165) is 25.1 Å². The fraction of sp³-hybridized carbons (Fsp3) is 0.417. The molecule has 21 heavy (non-hydrogen) atoms. The van der Waals surface area contributed by atoms with E-state index >= 15 is 0 Å². The van der Waals surface area contributed by atoms with Gasteiger partial charge in [0, 0.05) is 24.7 Å². The van der Waals surface area contributed by atoms with Crippen molar-refractivity contribution in [1.82, 2.24) is 10.6 Å². The van der Waals surface area contributed by atoms with Crippen molar-refractivity contribution >= 4 is 17.3 Å². The van der Waals surface area contributed by atoms with E-state index in [1.54, 1.807) is 0 Å². The Morgan fingerprint density at radius 3 is 2.29 bits per heavy atom. The highest BCUT2D eigenvalue weighted by Gasteiger charge is 2.26. The molecule has 0 bridgehead atoms. The number of nitro benzene ring substituents is 2. The number of benzene rings is 1. The van der Waals surface area contributed by atoms with E-state index in [9.17, 15) is 25.0 Å². The highest BCUT2D eigenvalue weighted by atomic mass is 16.6. The minimum atomic E-state index is -0.726. The third-order valence-corrected chi connectivity index (χ3v) is 3.40. The predicted octanol–water partition coefficient (Wildman–Crippen LogP) is 0.903. The molecule has 1 fully saturated rings. The van der Waals surface area contributed by atoms with Gasteiger partial charge in [-0.1, -0.05) is 0 Å². The molecular formula is C12H14N4O5. The summed E-state index contributed by atoms with van der Waals surface area (Å²) in [7, 11) is 0. The van der Waals surface area contributed by atoms with E-state index in [-0.39, 0.29) is 17.2 Å². The molecule has 9 heteroatoms. The lowest BCUT2D eigenvalue weighted by molar-refractivity contribution is -0.395. The van der Waals surface area contributed by atoms with Gasteiger partial charge in [-0.25, -0.2) is 0 Å². The largest absolute Gasteiger partial charge is 0.348 e. The molecule has 0 aliphatic carbocycles. The molecule has 0 saturated carbocycles. The first kappa shape index (κ1) is 14.9. The van der Waals surface area contributed by atoms with Gasteiger partial charge in [0.05, 0.1) is 15.4 Å². The number of nitrogens with one attached hydrogen (secondary N) is 2. The molecule has 1 aromatic carbocycles. The standard InChI is InChI=1S/C12H14N4O5/c1-7-10(15(18)19)4-8(5-11(7)16(20)21)12(17)14-9-2-3-13-6-9/h4-5,9,13H,2-3,6H2,1H3,(H,14,17). The van der Waals surface area contributed by atoms with E-state index in [1.807, 2.05) is 0 Å². The quantitative estimate of drug-likeness (QED) is 0.627. The lowest BCUT2D eigenvalue weighted by Crippen LogP contribution is -2.36. The van der Waals surface area contributed by atoms with Crippen molar-refractivity contribution in [3.05, 3.63) is 43.5 Å². The third kappa shape index (κ3) is 3.14. The third-order valence-electron chi connectivity index (χ3n) is 3.40. The zero-order chi connectivity index (χ0) is 15.6. The molecule has 2 N–H and O–H groups in total. The van der Waals surface area contributed by atoms with Crippen LogP contribution < -0.4 is 10.6 Å². The summed E-state index contributed by atoms with van der Waals surface area (Å²) in [5.41, 5.74) is -1.01. The lowest BCUT2D eigenvalue weighted by Gasteiger charge is -2.11. The number of hydrogen-bond donors (Lipinski definition) is 2. The molecule has 1 amide bonds. The van der Waals surface area contributed by atoms with Crippen molar-refractivity contribution in [3.63, 3.8) is 0 Å². The molecule has 1 atom stereocenters. The van der Waals surface area contributed by atoms with E-state index in [4.69, 9.17) is 0 Å². The molecule has 9 nitrogen and oxygen atoms in total. The smallest absolute Gasteiger partial charge is 0.279 e. The van der Waals surface area contributed by atoms with Crippen molar-refractivity contribution in [2.45, 2.75) is 19.4 Å². The number of amides is 1. The van der Waals surface area contributed by atoms with Crippen LogP contribution in [0.4, 0.5) is 11.4 Å². The second-order valence-electron chi connectivity index (χ2n) is 4.82. The average molecular weight is 294 g/mol. The van der Waals surface area contributed by atoms with Gasteiger partial charge in [-0.2, -0.15) is 0 Å². The van der Waals surface area contributed by atoms with Gasteiger partial charge in [-0.3, -0.25) is 25.0 Å². The highest BCUT2D eigenvalue weighted by Crippen LogP contribution is 2.29. The monoisotopic (exact) mass is 294 g/mol. The maximum Gasteiger partial charge on any atom is 0.279 e. The van der Waals surface area contributed by atoms with Crippen molar-refractivity contribution in [1.29, 1.82) is 0 Å². The minimum Gasteiger partial charge on any atom is -0.348 e. The predicted molar refractivity (Wildman–Crippen MR) is 73.2 cm³/mol. The molecular weight excluding hydrogens is 280 g/mol. The second-order valence-corrected chi connectivity index (χ2v) is 4.82. The summed E-state index contributed by atoms with van der Waals surface area (Å²) in [6.07, 6.45) is 0.752. The summed E-state index contributed by atoms with van der Waals surface area (Å²) >= 11 is 0. The number of rotatable bonds is 4. The summed E-state index contributed by atoms with van der Waals surface area (Å²) in [5.74, 6) is -0.546. The van der Waals surface area contributed by atoms with Crippen LogP contribution in [-0.4, -0.2) is 34.9 Å². The molecule has 1 saturated heterocycles. The van der Waals surface area contributed by atoms with Crippen LogP contribution in [0.25, 0.3) is 0 Å². The van der Waals surface area contributed by atoms with Gasteiger partial charge in [0.1, 0.15) is 5.56 Å². The molecule has 1 unspecified atom stereocenters. The molecule has 112 valence electrons. The van der Waals surface area contributed by atoms with Crippen LogP contribution >= 0.6 is 0 Å². The summed E-state index contributed by atoms with van der Waals surface area (Å²) in [4.78, 5) is 32.5. The Morgan fingerprint density at radius 1 is 1.29 bits per heavy atom. The van der Waals surface area contributed by atoms with Crippen LogP contribution in [0.2, 0.25) is 0 Å². The summed E-state index contributed by atoms with van der Waals surface area (Å²) in [5, 5.41) is 27.7. The Bertz CT molecular complexity index is 575. The first-order chi connectivity index (χ1) is 9.90. The van der Waals surface area contributed by atoms with Gasteiger partial charge < -0.3 is 10.6 Å². The fourth-order valence-corrected chi connectivity index (χ4v) is 2.24. The second kappa shape index (κ2) is 5.83. The van der Waals surface area contributed by atoms with E-state index in [1.165, 1.54) is 6.92 Å². The first-order valence-electron chi connectivity index (χ1n) is 6.35. The van der Waals surface area contributed by atoms with Crippen LogP contribution in [0.5, 0.6) is 0 Å². The van der Waals surface area contributed by atoms with Crippen LogP contribution in [0.15, 0.2) is 12.1 Å². The van der Waals surface area contributed by atoms with Crippen LogP contribution in [0, 0.1) is 27.2 Å². The molecule has 1 heterocycles. The molecule has 2 rings (SSSR count). The maximum absolute atomic E-state index is 12.1. The zero-order valence-corrected chi connectivity index (χ0v) is 11.3. The van der Waals surface area contributed by atoms with E-state index in [0.29, 0.717) is 6.54 Å². The normalized spacial score (nSPS) is 17.5. The summed E-state index contributed by atoms with van der Waals surface area (Å²) in [6, 6.07) is 2.07. The van der Waals surface area contributed by atoms with E-state index in [2.05, 4.69) is 10.6 Å². The zero-order valence-electron chi connectivity index (χ0n) is 11.3. The van der Waals surface area contributed by atoms with Crippen molar-refractivity contribution in [3.8, 4) is 0 Å². The van der Waals surface area contributed by atoms with Gasteiger partial charge in [0.2, 0.25) is 0 Å². The number of nitrogens with zero attached hydrogens (tertiary/aromatic N) is 2. The molecule has 0 aromatic heterocycles. The molecule has 1 aliphatic heterocycles. The lowest BCUT2D eigenvalue weighted by atomic mass is 10.1. The number of carbonyl (C=O) groups excluding carboxylic acids is 1. The molecule has 0 radical (unpaired) electrons. The highest BCUT2D eigenvalue weighted by molar-refractivity contribution is 5.96. The SMILES string of the molecule is Cc1c([N+](=O)[O-])cc(C(=O)NC2CCNC2)cc1[N+](=O)[O-]. The van der Waals surface area contributed by atoms with Crippen molar-refractivity contribution in [2.75, 3.05) is 13.1 Å². The Hall–Kier alpha value is -2.55. The minimum absolute atomic E-state index is 0.0657. The fourth-order valence-electron chi connectivity index (χ4n) is 2.24. The van der Waals surface area contributed by atoms with Gasteiger partial charge in [-0.15, -0.1) is 0 Å². The van der Waals surface area contributed by atoms with Crippen LogP contribution in [-0.2, 0) is 0 Å². The Kier molecular flexibility index (Phi) is 4.13. The van der Waals surface area contributed by atoms with Crippen LogP contribution in [0.3, 0.4) is 0 Å². The number of carbonyl (C=O) groups is 1. The maximum atomic E-state index is 12.1. The molecule has 1 aliphatic rings.